The van der Waals surface area contributed by atoms with E-state index in [-0.39, 0.29) is 0 Å². The molecule has 0 bridgehead atoms. The van der Waals surface area contributed by atoms with Crippen LogP contribution < -0.4 is 0 Å². The number of fused-ring (bicyclic) bond motifs is 10. The van der Waals surface area contributed by atoms with E-state index in [0.717, 1.165) is 33.8 Å². The van der Waals surface area contributed by atoms with Gasteiger partial charge < -0.3 is 4.57 Å². The second-order valence-electron chi connectivity index (χ2n) is 11.6. The lowest BCUT2D eigenvalue weighted by molar-refractivity contribution is 1.10. The minimum absolute atomic E-state index is 0.939. The van der Waals surface area contributed by atoms with Crippen molar-refractivity contribution in [2.45, 2.75) is 0 Å². The number of thiophene rings is 1. The van der Waals surface area contributed by atoms with Crippen molar-refractivity contribution in [3.8, 4) is 22.8 Å². The lowest BCUT2D eigenvalue weighted by atomic mass is 10.0. The summed E-state index contributed by atoms with van der Waals surface area (Å²) in [5, 5.41) is 7.84. The highest BCUT2D eigenvalue weighted by Gasteiger charge is 2.20. The van der Waals surface area contributed by atoms with Gasteiger partial charge in [0.2, 0.25) is 0 Å². The van der Waals surface area contributed by atoms with Gasteiger partial charge in [-0.05, 0) is 77.5 Å². The summed E-state index contributed by atoms with van der Waals surface area (Å²) >= 11 is 1.90. The average molecular weight is 592 g/mol. The monoisotopic (exact) mass is 591 g/mol. The second-order valence-corrected chi connectivity index (χ2v) is 12.6. The summed E-state index contributed by atoms with van der Waals surface area (Å²) in [6.45, 7) is 0. The zero-order chi connectivity index (χ0) is 29.5. The largest absolute Gasteiger partial charge is 0.309 e. The molecule has 0 unspecified atom stereocenters. The van der Waals surface area contributed by atoms with Crippen molar-refractivity contribution in [1.29, 1.82) is 0 Å². The molecule has 0 aliphatic heterocycles. The van der Waals surface area contributed by atoms with Gasteiger partial charge in [-0.3, -0.25) is 4.57 Å². The van der Waals surface area contributed by atoms with Crippen LogP contribution in [0.1, 0.15) is 0 Å². The Morgan fingerprint density at radius 1 is 0.444 bits per heavy atom. The van der Waals surface area contributed by atoms with E-state index in [1.165, 1.54) is 52.8 Å². The van der Waals surface area contributed by atoms with Gasteiger partial charge in [0.05, 0.1) is 22.1 Å². The van der Waals surface area contributed by atoms with Crippen LogP contribution in [0.4, 0.5) is 0 Å². The molecule has 0 radical (unpaired) electrons. The predicted octanol–water partition coefficient (Wildman–Crippen LogP) is 11.3. The normalized spacial score (nSPS) is 12.0. The quantitative estimate of drug-likeness (QED) is 0.200. The van der Waals surface area contributed by atoms with E-state index < -0.39 is 0 Å². The second kappa shape index (κ2) is 9.39. The summed E-state index contributed by atoms with van der Waals surface area (Å²) < 4.78 is 7.37. The van der Waals surface area contributed by atoms with Crippen molar-refractivity contribution in [3.63, 3.8) is 0 Å². The van der Waals surface area contributed by atoms with E-state index in [0.29, 0.717) is 0 Å². The number of nitrogens with zero attached hydrogens (tertiary/aromatic N) is 3. The summed E-state index contributed by atoms with van der Waals surface area (Å²) in [6.07, 6.45) is 0. The molecule has 3 nitrogen and oxygen atoms in total. The molecule has 45 heavy (non-hydrogen) atoms. The molecule has 0 saturated heterocycles. The Morgan fingerprint density at radius 3 is 2.02 bits per heavy atom. The molecule has 3 heterocycles. The van der Waals surface area contributed by atoms with Crippen LogP contribution in [0.2, 0.25) is 0 Å². The van der Waals surface area contributed by atoms with Gasteiger partial charge in [-0.1, -0.05) is 84.9 Å². The zero-order valence-corrected chi connectivity index (χ0v) is 25.0. The summed E-state index contributed by atoms with van der Waals surface area (Å²) in [5.41, 5.74) is 7.86. The van der Waals surface area contributed by atoms with Crippen molar-refractivity contribution < 1.29 is 0 Å². The first-order valence-electron chi connectivity index (χ1n) is 15.2. The smallest absolute Gasteiger partial charge is 0.145 e. The Hall–Kier alpha value is -5.71. The first kappa shape index (κ1) is 24.7. The highest BCUT2D eigenvalue weighted by molar-refractivity contribution is 7.26. The van der Waals surface area contributed by atoms with Crippen molar-refractivity contribution in [2.24, 2.45) is 0 Å². The van der Waals surface area contributed by atoms with Crippen LogP contribution in [0, 0.1) is 0 Å². The molecular weight excluding hydrogens is 567 g/mol. The number of hydrogen-bond acceptors (Lipinski definition) is 2. The predicted molar refractivity (Wildman–Crippen MR) is 191 cm³/mol. The molecule has 0 N–H and O–H groups in total. The zero-order valence-electron chi connectivity index (χ0n) is 24.2. The number of para-hydroxylation sites is 3. The van der Waals surface area contributed by atoms with Gasteiger partial charge in [-0.2, -0.15) is 0 Å². The van der Waals surface area contributed by atoms with Crippen LogP contribution >= 0.6 is 11.3 Å². The summed E-state index contributed by atoms with van der Waals surface area (Å²) in [6, 6.07) is 54.5. The van der Waals surface area contributed by atoms with Crippen LogP contribution in [0.3, 0.4) is 0 Å². The third-order valence-corrected chi connectivity index (χ3v) is 10.3. The van der Waals surface area contributed by atoms with Gasteiger partial charge in [0.25, 0.3) is 0 Å². The molecule has 7 aromatic carbocycles. The van der Waals surface area contributed by atoms with Crippen molar-refractivity contribution >= 4 is 75.1 Å². The van der Waals surface area contributed by atoms with Gasteiger partial charge in [-0.15, -0.1) is 11.3 Å². The third-order valence-electron chi connectivity index (χ3n) is 9.12. The Kier molecular flexibility index (Phi) is 5.16. The van der Waals surface area contributed by atoms with E-state index in [4.69, 9.17) is 4.98 Å². The standard InChI is InChI=1S/C41H25N3S/c1-2-11-28(12-3-1)44-34-16-8-7-15-33(34)42-41(44)27-18-21-29(22-19-27)43-35-24-20-26-10-4-5-13-30(26)38(35)39-36(43)25-23-32-31-14-6-9-17-37(31)45-40(32)39/h1-25H. The maximum Gasteiger partial charge on any atom is 0.145 e. The van der Waals surface area contributed by atoms with Crippen LogP contribution in [0.5, 0.6) is 0 Å². The van der Waals surface area contributed by atoms with E-state index in [1.807, 2.05) is 11.3 Å². The topological polar surface area (TPSA) is 22.8 Å². The maximum atomic E-state index is 5.10. The fourth-order valence-corrected chi connectivity index (χ4v) is 8.39. The van der Waals surface area contributed by atoms with Crippen molar-refractivity contribution in [1.82, 2.24) is 14.1 Å². The van der Waals surface area contributed by atoms with Crippen LogP contribution in [-0.4, -0.2) is 14.1 Å². The third kappa shape index (κ3) is 3.54. The molecule has 10 aromatic rings. The SMILES string of the molecule is c1ccc(-n2c(-c3ccc(-n4c5ccc6ccccc6c5c5c6sc7ccccc7c6ccc54)cc3)nc3ccccc32)cc1. The summed E-state index contributed by atoms with van der Waals surface area (Å²) in [5.74, 6) is 0.939. The lowest BCUT2D eigenvalue weighted by Gasteiger charge is -2.12. The minimum atomic E-state index is 0.939. The molecule has 0 aliphatic carbocycles. The van der Waals surface area contributed by atoms with Crippen LogP contribution in [0.25, 0.3) is 86.5 Å². The van der Waals surface area contributed by atoms with Gasteiger partial charge in [-0.25, -0.2) is 4.98 Å². The fraction of sp³-hybridized carbons (Fsp3) is 0. The molecule has 4 heteroatoms. The average Bonchev–Trinajstić information content (AvgIpc) is 3.78. The molecule has 210 valence electrons. The molecule has 0 saturated carbocycles. The molecule has 0 amide bonds. The number of aromatic nitrogens is 3. The lowest BCUT2D eigenvalue weighted by Crippen LogP contribution is -1.98. The van der Waals surface area contributed by atoms with Gasteiger partial charge in [0.15, 0.2) is 0 Å². The van der Waals surface area contributed by atoms with Crippen molar-refractivity contribution in [2.75, 3.05) is 0 Å². The molecule has 0 aliphatic rings. The Balaban J connectivity index is 1.24. The first-order chi connectivity index (χ1) is 22.3. The van der Waals surface area contributed by atoms with E-state index in [2.05, 4.69) is 161 Å². The molecular formula is C41H25N3S. The number of benzene rings is 7. The molecule has 3 aromatic heterocycles. The number of rotatable bonds is 3. The van der Waals surface area contributed by atoms with Crippen molar-refractivity contribution in [3.05, 3.63) is 152 Å². The van der Waals surface area contributed by atoms with E-state index >= 15 is 0 Å². The summed E-state index contributed by atoms with van der Waals surface area (Å²) in [4.78, 5) is 5.10. The Labute approximate surface area is 262 Å². The molecule has 0 atom stereocenters. The minimum Gasteiger partial charge on any atom is -0.309 e. The van der Waals surface area contributed by atoms with Crippen LogP contribution in [0.15, 0.2) is 152 Å². The molecule has 0 fully saturated rings. The van der Waals surface area contributed by atoms with Gasteiger partial charge in [0.1, 0.15) is 5.82 Å². The Morgan fingerprint density at radius 2 is 1.13 bits per heavy atom. The van der Waals surface area contributed by atoms with Gasteiger partial charge >= 0.3 is 0 Å². The number of imidazole rings is 1. The Bertz CT molecular complexity index is 2750. The first-order valence-corrected chi connectivity index (χ1v) is 16.0. The van der Waals surface area contributed by atoms with Gasteiger partial charge in [0, 0.05) is 47.9 Å². The fourth-order valence-electron chi connectivity index (χ4n) is 7.14. The summed E-state index contributed by atoms with van der Waals surface area (Å²) in [7, 11) is 0. The van der Waals surface area contributed by atoms with E-state index in [9.17, 15) is 0 Å². The highest BCUT2D eigenvalue weighted by Crippen LogP contribution is 2.45. The number of hydrogen-bond donors (Lipinski definition) is 0. The highest BCUT2D eigenvalue weighted by atomic mass is 32.1. The maximum absolute atomic E-state index is 5.10. The molecule has 10 rings (SSSR count). The molecule has 0 spiro atoms. The van der Waals surface area contributed by atoms with Crippen LogP contribution in [-0.2, 0) is 0 Å². The van der Waals surface area contributed by atoms with E-state index in [1.54, 1.807) is 0 Å².